The van der Waals surface area contributed by atoms with Gasteiger partial charge in [-0.05, 0) is 12.2 Å². The van der Waals surface area contributed by atoms with Gasteiger partial charge >= 0.3 is 0 Å². The maximum Gasteiger partial charge on any atom is 0.149 e. The van der Waals surface area contributed by atoms with E-state index in [4.69, 9.17) is 9.47 Å². The molecular weight excluding hydrogens is 128 g/mol. The summed E-state index contributed by atoms with van der Waals surface area (Å²) in [5.74, 6) is 0. The fourth-order valence-electron chi connectivity index (χ4n) is 1.85. The van der Waals surface area contributed by atoms with Crippen molar-refractivity contribution in [2.75, 3.05) is 6.79 Å². The maximum atomic E-state index is 5.45. The van der Waals surface area contributed by atoms with E-state index in [1.165, 1.54) is 0 Å². The molecule has 3 rings (SSSR count). The second-order valence-electron chi connectivity index (χ2n) is 3.08. The van der Waals surface area contributed by atoms with Crippen LogP contribution < -0.4 is 0 Å². The van der Waals surface area contributed by atoms with E-state index >= 15 is 0 Å². The fraction of sp³-hybridized carbons (Fsp3) is 0.500. The monoisotopic (exact) mass is 136 g/mol. The van der Waals surface area contributed by atoms with E-state index in [9.17, 15) is 0 Å². The molecule has 0 N–H and O–H groups in total. The lowest BCUT2D eigenvalue weighted by Gasteiger charge is -2.09. The minimum absolute atomic E-state index is 0.0538. The van der Waals surface area contributed by atoms with Crippen LogP contribution in [-0.4, -0.2) is 18.0 Å². The normalized spacial score (nSPS) is 54.4. The van der Waals surface area contributed by atoms with E-state index in [0.29, 0.717) is 6.79 Å². The third-order valence-corrected chi connectivity index (χ3v) is 2.59. The molecule has 0 bridgehead atoms. The average Bonchev–Trinajstić information content (AvgIpc) is 2.47. The lowest BCUT2D eigenvalue weighted by atomic mass is 10.1. The number of ether oxygens (including phenoxy) is 2. The molecule has 2 fully saturated rings. The van der Waals surface area contributed by atoms with Crippen molar-refractivity contribution in [1.29, 1.82) is 0 Å². The molecule has 1 aliphatic heterocycles. The van der Waals surface area contributed by atoms with Crippen LogP contribution in [0.15, 0.2) is 24.3 Å². The van der Waals surface area contributed by atoms with Gasteiger partial charge in [0, 0.05) is 6.42 Å². The highest BCUT2D eigenvalue weighted by molar-refractivity contribution is 5.43. The summed E-state index contributed by atoms with van der Waals surface area (Å²) >= 11 is 0. The van der Waals surface area contributed by atoms with E-state index in [2.05, 4.69) is 12.2 Å². The van der Waals surface area contributed by atoms with Gasteiger partial charge in [0.2, 0.25) is 0 Å². The molecule has 2 unspecified atom stereocenters. The Balaban J connectivity index is 2.13. The van der Waals surface area contributed by atoms with Crippen LogP contribution in [0.5, 0.6) is 0 Å². The van der Waals surface area contributed by atoms with Crippen molar-refractivity contribution in [2.45, 2.75) is 17.6 Å². The van der Waals surface area contributed by atoms with Crippen molar-refractivity contribution in [3.05, 3.63) is 24.3 Å². The number of hydrogen-bond acceptors (Lipinski definition) is 2. The predicted octanol–water partition coefficient (Wildman–Crippen LogP) is 0.998. The van der Waals surface area contributed by atoms with Gasteiger partial charge in [-0.3, -0.25) is 0 Å². The summed E-state index contributed by atoms with van der Waals surface area (Å²) in [6.45, 7) is 0.453. The van der Waals surface area contributed by atoms with Crippen molar-refractivity contribution in [3.63, 3.8) is 0 Å². The zero-order chi connectivity index (χ0) is 6.66. The van der Waals surface area contributed by atoms with Crippen molar-refractivity contribution in [2.24, 2.45) is 0 Å². The van der Waals surface area contributed by atoms with Crippen LogP contribution in [0.3, 0.4) is 0 Å². The van der Waals surface area contributed by atoms with Crippen molar-refractivity contribution >= 4 is 0 Å². The highest BCUT2D eigenvalue weighted by Crippen LogP contribution is 2.60. The molecule has 2 nitrogen and oxygen atoms in total. The van der Waals surface area contributed by atoms with E-state index in [-0.39, 0.29) is 11.2 Å². The molecule has 0 aromatic heterocycles. The van der Waals surface area contributed by atoms with Crippen LogP contribution in [-0.2, 0) is 9.47 Å². The molecule has 1 saturated carbocycles. The van der Waals surface area contributed by atoms with Gasteiger partial charge in [0.15, 0.2) is 0 Å². The second kappa shape index (κ2) is 1.22. The minimum Gasteiger partial charge on any atom is -0.341 e. The van der Waals surface area contributed by atoms with Gasteiger partial charge in [0.05, 0.1) is 0 Å². The first-order valence-electron chi connectivity index (χ1n) is 3.52. The zero-order valence-corrected chi connectivity index (χ0v) is 5.54. The second-order valence-corrected chi connectivity index (χ2v) is 3.08. The molecule has 0 aromatic carbocycles. The molecule has 0 spiro atoms. The zero-order valence-electron chi connectivity index (χ0n) is 5.54. The quantitative estimate of drug-likeness (QED) is 0.494. The van der Waals surface area contributed by atoms with Crippen LogP contribution in [0, 0.1) is 0 Å². The fourth-order valence-corrected chi connectivity index (χ4v) is 1.85. The summed E-state index contributed by atoms with van der Waals surface area (Å²) in [5.41, 5.74) is -0.108. The Labute approximate surface area is 59.1 Å². The van der Waals surface area contributed by atoms with Crippen LogP contribution in [0.4, 0.5) is 0 Å². The molecule has 0 aromatic rings. The summed E-state index contributed by atoms with van der Waals surface area (Å²) in [6, 6.07) is 0. The Hall–Kier alpha value is -0.600. The number of allylic oxidation sites excluding steroid dienone is 2. The van der Waals surface area contributed by atoms with Crippen LogP contribution in [0.2, 0.25) is 0 Å². The lowest BCUT2D eigenvalue weighted by Crippen LogP contribution is -2.18. The first kappa shape index (κ1) is 5.10. The Morgan fingerprint density at radius 3 is 2.20 bits per heavy atom. The third kappa shape index (κ3) is 0.351. The number of rotatable bonds is 0. The molecule has 10 heavy (non-hydrogen) atoms. The molecule has 1 saturated heterocycles. The molecule has 3 aliphatic rings. The van der Waals surface area contributed by atoms with Crippen molar-refractivity contribution in [3.8, 4) is 0 Å². The Bertz CT molecular complexity index is 220. The lowest BCUT2D eigenvalue weighted by molar-refractivity contribution is -0.0131. The summed E-state index contributed by atoms with van der Waals surface area (Å²) in [4.78, 5) is 0. The third-order valence-electron chi connectivity index (χ3n) is 2.59. The highest BCUT2D eigenvalue weighted by Gasteiger charge is 2.72. The molecule has 0 amide bonds. The average molecular weight is 136 g/mol. The SMILES string of the molecule is C1=CC23CC2(C=C1)OCO3. The molecule has 1 heterocycles. The summed E-state index contributed by atoms with van der Waals surface area (Å²) in [5, 5.41) is 0. The molecule has 0 radical (unpaired) electrons. The summed E-state index contributed by atoms with van der Waals surface area (Å²) in [7, 11) is 0. The highest BCUT2D eigenvalue weighted by atomic mass is 16.7. The first-order valence-corrected chi connectivity index (χ1v) is 3.52. The van der Waals surface area contributed by atoms with Gasteiger partial charge in [0.25, 0.3) is 0 Å². The largest absolute Gasteiger partial charge is 0.341 e. The Morgan fingerprint density at radius 1 is 1.00 bits per heavy atom. The molecule has 2 heteroatoms. The van der Waals surface area contributed by atoms with Gasteiger partial charge in [-0.15, -0.1) is 0 Å². The van der Waals surface area contributed by atoms with E-state index in [1.54, 1.807) is 0 Å². The van der Waals surface area contributed by atoms with Gasteiger partial charge in [0.1, 0.15) is 18.0 Å². The van der Waals surface area contributed by atoms with Crippen molar-refractivity contribution < 1.29 is 9.47 Å². The Morgan fingerprint density at radius 2 is 1.60 bits per heavy atom. The summed E-state index contributed by atoms with van der Waals surface area (Å²) < 4.78 is 10.9. The molecular formula is C8H8O2. The number of hydrogen-bond donors (Lipinski definition) is 0. The molecule has 2 atom stereocenters. The standard InChI is InChI=1S/C8H8O2/c1-2-4-8-5-7(8,3-1)9-6-10-8/h1-4H,5-6H2. The van der Waals surface area contributed by atoms with Crippen LogP contribution in [0.1, 0.15) is 6.42 Å². The molecule has 2 aliphatic carbocycles. The summed E-state index contributed by atoms with van der Waals surface area (Å²) in [6.07, 6.45) is 9.26. The van der Waals surface area contributed by atoms with E-state index in [0.717, 1.165) is 6.42 Å². The van der Waals surface area contributed by atoms with E-state index < -0.39 is 0 Å². The first-order chi connectivity index (χ1) is 4.87. The predicted molar refractivity (Wildman–Crippen MR) is 35.4 cm³/mol. The van der Waals surface area contributed by atoms with Gasteiger partial charge in [-0.2, -0.15) is 0 Å². The topological polar surface area (TPSA) is 18.5 Å². The van der Waals surface area contributed by atoms with Crippen molar-refractivity contribution in [1.82, 2.24) is 0 Å². The van der Waals surface area contributed by atoms with E-state index in [1.807, 2.05) is 12.2 Å². The van der Waals surface area contributed by atoms with Gasteiger partial charge in [-0.25, -0.2) is 0 Å². The smallest absolute Gasteiger partial charge is 0.149 e. The van der Waals surface area contributed by atoms with Crippen LogP contribution in [0.25, 0.3) is 0 Å². The van der Waals surface area contributed by atoms with Crippen LogP contribution >= 0.6 is 0 Å². The van der Waals surface area contributed by atoms with Gasteiger partial charge < -0.3 is 9.47 Å². The minimum atomic E-state index is -0.0538. The maximum absolute atomic E-state index is 5.45. The Kier molecular flexibility index (Phi) is 0.624. The van der Waals surface area contributed by atoms with Gasteiger partial charge in [-0.1, -0.05) is 12.2 Å². The molecule has 52 valence electrons.